The van der Waals surface area contributed by atoms with Crippen molar-refractivity contribution < 1.29 is 14.2 Å². The first-order chi connectivity index (χ1) is 9.69. The molecule has 1 aliphatic heterocycles. The minimum atomic E-state index is 0.158. The van der Waals surface area contributed by atoms with Gasteiger partial charge in [0.15, 0.2) is 0 Å². The summed E-state index contributed by atoms with van der Waals surface area (Å²) in [4.78, 5) is 0. The van der Waals surface area contributed by atoms with E-state index in [1.165, 1.54) is 0 Å². The molecule has 0 aliphatic carbocycles. The third-order valence-electron chi connectivity index (χ3n) is 3.84. The maximum atomic E-state index is 6.04. The number of nitrogens with one attached hydrogen (secondary N) is 1. The summed E-state index contributed by atoms with van der Waals surface area (Å²) in [5.74, 6) is 1.65. The molecule has 2 rings (SSSR count). The summed E-state index contributed by atoms with van der Waals surface area (Å²) in [5, 5.41) is 3.53. The third-order valence-corrected chi connectivity index (χ3v) is 3.84. The van der Waals surface area contributed by atoms with Crippen LogP contribution in [0.4, 0.5) is 0 Å². The minimum Gasteiger partial charge on any atom is -0.497 e. The van der Waals surface area contributed by atoms with Gasteiger partial charge in [0.2, 0.25) is 0 Å². The summed E-state index contributed by atoms with van der Waals surface area (Å²) in [6, 6.07) is 6.13. The van der Waals surface area contributed by atoms with E-state index in [4.69, 9.17) is 14.2 Å². The van der Waals surface area contributed by atoms with E-state index in [1.807, 2.05) is 12.1 Å². The second-order valence-corrected chi connectivity index (χ2v) is 5.21. The third kappa shape index (κ3) is 3.25. The van der Waals surface area contributed by atoms with E-state index in [2.05, 4.69) is 25.2 Å². The summed E-state index contributed by atoms with van der Waals surface area (Å²) < 4.78 is 16.8. The fourth-order valence-electron chi connectivity index (χ4n) is 2.82. The monoisotopic (exact) mass is 279 g/mol. The van der Waals surface area contributed by atoms with Crippen LogP contribution in [-0.2, 0) is 4.74 Å². The van der Waals surface area contributed by atoms with Crippen LogP contribution in [0.5, 0.6) is 11.5 Å². The quantitative estimate of drug-likeness (QED) is 0.869. The lowest BCUT2D eigenvalue weighted by atomic mass is 9.98. The van der Waals surface area contributed by atoms with Gasteiger partial charge < -0.3 is 19.5 Å². The second-order valence-electron chi connectivity index (χ2n) is 5.21. The van der Waals surface area contributed by atoms with Crippen LogP contribution in [0, 0.1) is 0 Å². The van der Waals surface area contributed by atoms with E-state index >= 15 is 0 Å². The highest BCUT2D eigenvalue weighted by atomic mass is 16.5. The van der Waals surface area contributed by atoms with Crippen LogP contribution in [0.2, 0.25) is 0 Å². The summed E-state index contributed by atoms with van der Waals surface area (Å²) in [7, 11) is 3.36. The van der Waals surface area contributed by atoms with E-state index in [0.717, 1.165) is 36.4 Å². The first-order valence-corrected chi connectivity index (χ1v) is 7.30. The van der Waals surface area contributed by atoms with Crippen molar-refractivity contribution in [1.82, 2.24) is 5.32 Å². The highest BCUT2D eigenvalue weighted by Crippen LogP contribution is 2.36. The average Bonchev–Trinajstić information content (AvgIpc) is 2.90. The Hall–Kier alpha value is -1.26. The van der Waals surface area contributed by atoms with Crippen molar-refractivity contribution >= 4 is 0 Å². The van der Waals surface area contributed by atoms with Gasteiger partial charge in [-0.15, -0.1) is 0 Å². The van der Waals surface area contributed by atoms with Gasteiger partial charge >= 0.3 is 0 Å². The molecule has 1 aliphatic rings. The molecule has 20 heavy (non-hydrogen) atoms. The highest BCUT2D eigenvalue weighted by molar-refractivity contribution is 5.43. The Bertz CT molecular complexity index is 436. The fourth-order valence-corrected chi connectivity index (χ4v) is 2.82. The number of benzene rings is 1. The van der Waals surface area contributed by atoms with Crippen LogP contribution in [0.1, 0.15) is 38.3 Å². The van der Waals surface area contributed by atoms with Crippen molar-refractivity contribution in [2.45, 2.75) is 44.9 Å². The van der Waals surface area contributed by atoms with E-state index < -0.39 is 0 Å². The molecule has 1 aromatic rings. The molecule has 0 bridgehead atoms. The van der Waals surface area contributed by atoms with Crippen LogP contribution in [0.3, 0.4) is 0 Å². The molecule has 3 unspecified atom stereocenters. The molecular formula is C16H25NO3. The largest absolute Gasteiger partial charge is 0.497 e. The number of rotatable bonds is 6. The van der Waals surface area contributed by atoms with E-state index in [1.54, 1.807) is 14.2 Å². The molecule has 1 aromatic carbocycles. The Morgan fingerprint density at radius 1 is 1.30 bits per heavy atom. The van der Waals surface area contributed by atoms with Gasteiger partial charge in [0.25, 0.3) is 0 Å². The molecule has 1 heterocycles. The van der Waals surface area contributed by atoms with Crippen molar-refractivity contribution in [3.05, 3.63) is 23.8 Å². The molecule has 4 heteroatoms. The van der Waals surface area contributed by atoms with Gasteiger partial charge in [-0.3, -0.25) is 0 Å². The lowest BCUT2D eigenvalue weighted by Crippen LogP contribution is -2.32. The number of hydrogen-bond donors (Lipinski definition) is 1. The van der Waals surface area contributed by atoms with Gasteiger partial charge in [-0.1, -0.05) is 6.92 Å². The van der Waals surface area contributed by atoms with Crippen LogP contribution in [0.15, 0.2) is 18.2 Å². The maximum absolute atomic E-state index is 6.04. The molecule has 112 valence electrons. The molecule has 0 radical (unpaired) electrons. The first kappa shape index (κ1) is 15.1. The average molecular weight is 279 g/mol. The lowest BCUT2D eigenvalue weighted by Gasteiger charge is -2.26. The predicted molar refractivity (Wildman–Crippen MR) is 79.5 cm³/mol. The van der Waals surface area contributed by atoms with Crippen molar-refractivity contribution in [3.8, 4) is 11.5 Å². The molecule has 1 saturated heterocycles. The summed E-state index contributed by atoms with van der Waals surface area (Å²) in [6.45, 7) is 5.14. The van der Waals surface area contributed by atoms with E-state index in [9.17, 15) is 0 Å². The van der Waals surface area contributed by atoms with Gasteiger partial charge in [-0.2, -0.15) is 0 Å². The second kappa shape index (κ2) is 6.95. The summed E-state index contributed by atoms with van der Waals surface area (Å²) in [6.07, 6.45) is 2.73. The standard InChI is InChI=1S/C16H25NO3/c1-5-17-16(14-9-6-11(2)20-14)13-8-7-12(18-3)10-15(13)19-4/h7-8,10-11,14,16-17H,5-6,9H2,1-4H3. The Balaban J connectivity index is 2.28. The molecule has 0 saturated carbocycles. The Kier molecular flexibility index (Phi) is 5.26. The Labute approximate surface area is 121 Å². The van der Waals surface area contributed by atoms with Gasteiger partial charge in [0.05, 0.1) is 32.5 Å². The van der Waals surface area contributed by atoms with Crippen LogP contribution < -0.4 is 14.8 Å². The predicted octanol–water partition coefficient (Wildman–Crippen LogP) is 2.92. The number of ether oxygens (including phenoxy) is 3. The molecule has 0 amide bonds. The van der Waals surface area contributed by atoms with Gasteiger partial charge in [-0.25, -0.2) is 0 Å². The number of methoxy groups -OCH3 is 2. The van der Waals surface area contributed by atoms with Crippen LogP contribution >= 0.6 is 0 Å². The molecular weight excluding hydrogens is 254 g/mol. The zero-order chi connectivity index (χ0) is 14.5. The van der Waals surface area contributed by atoms with E-state index in [0.29, 0.717) is 6.10 Å². The maximum Gasteiger partial charge on any atom is 0.127 e. The molecule has 0 spiro atoms. The van der Waals surface area contributed by atoms with Gasteiger partial charge in [-0.05, 0) is 38.4 Å². The molecule has 4 nitrogen and oxygen atoms in total. The Morgan fingerprint density at radius 2 is 2.10 bits per heavy atom. The molecule has 1 fully saturated rings. The van der Waals surface area contributed by atoms with Crippen molar-refractivity contribution in [2.75, 3.05) is 20.8 Å². The smallest absolute Gasteiger partial charge is 0.127 e. The highest BCUT2D eigenvalue weighted by Gasteiger charge is 2.31. The SMILES string of the molecule is CCNC(c1ccc(OC)cc1OC)C1CCC(C)O1. The topological polar surface area (TPSA) is 39.7 Å². The summed E-state index contributed by atoms with van der Waals surface area (Å²) >= 11 is 0. The zero-order valence-corrected chi connectivity index (χ0v) is 12.8. The first-order valence-electron chi connectivity index (χ1n) is 7.30. The van der Waals surface area contributed by atoms with Gasteiger partial charge in [0.1, 0.15) is 11.5 Å². The lowest BCUT2D eigenvalue weighted by molar-refractivity contribution is 0.0314. The molecule has 1 N–H and O–H groups in total. The molecule has 3 atom stereocenters. The van der Waals surface area contributed by atoms with Crippen molar-refractivity contribution in [2.24, 2.45) is 0 Å². The zero-order valence-electron chi connectivity index (χ0n) is 12.8. The van der Waals surface area contributed by atoms with Crippen LogP contribution in [-0.4, -0.2) is 33.0 Å². The Morgan fingerprint density at radius 3 is 2.65 bits per heavy atom. The van der Waals surface area contributed by atoms with Gasteiger partial charge in [0, 0.05) is 11.6 Å². The normalized spacial score (nSPS) is 23.6. The van der Waals surface area contributed by atoms with E-state index in [-0.39, 0.29) is 12.1 Å². The molecule has 0 aromatic heterocycles. The minimum absolute atomic E-state index is 0.158. The van der Waals surface area contributed by atoms with Crippen molar-refractivity contribution in [1.29, 1.82) is 0 Å². The fraction of sp³-hybridized carbons (Fsp3) is 0.625. The summed E-state index contributed by atoms with van der Waals surface area (Å²) in [5.41, 5.74) is 1.13. The number of hydrogen-bond acceptors (Lipinski definition) is 4. The van der Waals surface area contributed by atoms with Crippen LogP contribution in [0.25, 0.3) is 0 Å². The number of likely N-dealkylation sites (N-methyl/N-ethyl adjacent to an activating group) is 1. The van der Waals surface area contributed by atoms with Crippen molar-refractivity contribution in [3.63, 3.8) is 0 Å².